The fourth-order valence-corrected chi connectivity index (χ4v) is 2.83. The number of benzene rings is 2. The van der Waals surface area contributed by atoms with Gasteiger partial charge in [-0.25, -0.2) is 0 Å². The summed E-state index contributed by atoms with van der Waals surface area (Å²) in [6.45, 7) is 10.0. The summed E-state index contributed by atoms with van der Waals surface area (Å²) in [5, 5.41) is 5.70. The molecular formula is C22H28N2O3. The summed E-state index contributed by atoms with van der Waals surface area (Å²) >= 11 is 0. The van der Waals surface area contributed by atoms with Gasteiger partial charge in [0.1, 0.15) is 5.75 Å². The van der Waals surface area contributed by atoms with Crippen molar-refractivity contribution < 1.29 is 14.3 Å². The van der Waals surface area contributed by atoms with Gasteiger partial charge in [-0.2, -0.15) is 0 Å². The molecule has 0 aliphatic carbocycles. The largest absolute Gasteiger partial charge is 0.483 e. The van der Waals surface area contributed by atoms with Crippen LogP contribution in [0.2, 0.25) is 0 Å². The van der Waals surface area contributed by atoms with Crippen molar-refractivity contribution in [3.05, 3.63) is 58.7 Å². The molecule has 0 atom stereocenters. The molecule has 2 N–H and O–H groups in total. The fourth-order valence-electron chi connectivity index (χ4n) is 2.83. The Hall–Kier alpha value is -2.82. The molecule has 2 amide bonds. The number of hydrogen-bond donors (Lipinski definition) is 2. The van der Waals surface area contributed by atoms with Gasteiger partial charge in [-0.1, -0.05) is 43.7 Å². The average molecular weight is 368 g/mol. The number of anilines is 1. The van der Waals surface area contributed by atoms with Crippen LogP contribution >= 0.6 is 0 Å². The maximum atomic E-state index is 12.1. The Morgan fingerprint density at radius 2 is 1.70 bits per heavy atom. The zero-order valence-electron chi connectivity index (χ0n) is 16.7. The van der Waals surface area contributed by atoms with E-state index in [9.17, 15) is 9.59 Å². The third-order valence-corrected chi connectivity index (χ3v) is 4.16. The maximum Gasteiger partial charge on any atom is 0.258 e. The second-order valence-electron chi connectivity index (χ2n) is 7.14. The highest BCUT2D eigenvalue weighted by Crippen LogP contribution is 2.24. The molecule has 0 saturated heterocycles. The Balaban J connectivity index is 1.88. The van der Waals surface area contributed by atoms with Gasteiger partial charge >= 0.3 is 0 Å². The molecule has 0 unspecified atom stereocenters. The monoisotopic (exact) mass is 368 g/mol. The first-order valence-corrected chi connectivity index (χ1v) is 9.13. The fraction of sp³-hybridized carbons (Fsp3) is 0.364. The van der Waals surface area contributed by atoms with Crippen LogP contribution in [0.25, 0.3) is 0 Å². The Morgan fingerprint density at radius 1 is 1.04 bits per heavy atom. The minimum Gasteiger partial charge on any atom is -0.483 e. The molecule has 0 radical (unpaired) electrons. The van der Waals surface area contributed by atoms with Crippen LogP contribution in [0.4, 0.5) is 5.69 Å². The van der Waals surface area contributed by atoms with Gasteiger partial charge in [-0.15, -0.1) is 0 Å². The second kappa shape index (κ2) is 9.21. The van der Waals surface area contributed by atoms with Crippen molar-refractivity contribution in [1.29, 1.82) is 0 Å². The van der Waals surface area contributed by atoms with E-state index in [4.69, 9.17) is 4.74 Å². The molecule has 2 rings (SSSR count). The molecule has 5 heteroatoms. The van der Waals surface area contributed by atoms with Crippen molar-refractivity contribution in [2.45, 2.75) is 41.2 Å². The first-order chi connectivity index (χ1) is 12.8. The van der Waals surface area contributed by atoms with Crippen LogP contribution in [0.15, 0.2) is 36.4 Å². The molecule has 0 spiro atoms. The van der Waals surface area contributed by atoms with Gasteiger partial charge in [-0.05, 0) is 49.6 Å². The molecular weight excluding hydrogens is 340 g/mol. The highest BCUT2D eigenvalue weighted by molar-refractivity contribution is 5.92. The van der Waals surface area contributed by atoms with E-state index in [2.05, 4.69) is 10.6 Å². The second-order valence-corrected chi connectivity index (χ2v) is 7.14. The predicted octanol–water partition coefficient (Wildman–Crippen LogP) is 3.90. The lowest BCUT2D eigenvalue weighted by Crippen LogP contribution is -2.28. The Kier molecular flexibility index (Phi) is 6.99. The Morgan fingerprint density at radius 3 is 2.33 bits per heavy atom. The van der Waals surface area contributed by atoms with Gasteiger partial charge in [0.2, 0.25) is 5.91 Å². The van der Waals surface area contributed by atoms with Gasteiger partial charge in [0.05, 0.1) is 0 Å². The van der Waals surface area contributed by atoms with E-state index in [1.807, 2.05) is 71.0 Å². The third-order valence-electron chi connectivity index (χ3n) is 4.16. The van der Waals surface area contributed by atoms with Crippen LogP contribution in [0.1, 0.15) is 36.1 Å². The SMILES string of the molecule is Cc1cc(C)c(OCC(=O)NCc2cccc(NC(=O)C(C)C)c2)c(C)c1. The number of rotatable bonds is 7. The van der Waals surface area contributed by atoms with Crippen LogP contribution in [-0.4, -0.2) is 18.4 Å². The topological polar surface area (TPSA) is 67.4 Å². The van der Waals surface area contributed by atoms with Crippen molar-refractivity contribution >= 4 is 17.5 Å². The molecule has 0 aromatic heterocycles. The number of nitrogens with one attached hydrogen (secondary N) is 2. The van der Waals surface area contributed by atoms with Crippen LogP contribution < -0.4 is 15.4 Å². The highest BCUT2D eigenvalue weighted by Gasteiger charge is 2.10. The van der Waals surface area contributed by atoms with Crippen LogP contribution in [0.3, 0.4) is 0 Å². The Bertz CT molecular complexity index is 805. The molecule has 27 heavy (non-hydrogen) atoms. The summed E-state index contributed by atoms with van der Waals surface area (Å²) in [4.78, 5) is 23.9. The first kappa shape index (κ1) is 20.5. The van der Waals surface area contributed by atoms with Crippen molar-refractivity contribution in [2.24, 2.45) is 5.92 Å². The van der Waals surface area contributed by atoms with E-state index in [1.54, 1.807) is 0 Å². The van der Waals surface area contributed by atoms with Crippen molar-refractivity contribution in [1.82, 2.24) is 5.32 Å². The summed E-state index contributed by atoms with van der Waals surface area (Å²) in [6.07, 6.45) is 0. The molecule has 0 aliphatic rings. The van der Waals surface area contributed by atoms with E-state index < -0.39 is 0 Å². The Labute approximate surface area is 161 Å². The quantitative estimate of drug-likeness (QED) is 0.779. The number of carbonyl (C=O) groups excluding carboxylic acids is 2. The minimum atomic E-state index is -0.189. The van der Waals surface area contributed by atoms with Gasteiger partial charge in [0.15, 0.2) is 6.61 Å². The zero-order chi connectivity index (χ0) is 20.0. The number of ether oxygens (including phenoxy) is 1. The summed E-state index contributed by atoms with van der Waals surface area (Å²) in [5.41, 5.74) is 4.85. The van der Waals surface area contributed by atoms with Gasteiger partial charge in [-0.3, -0.25) is 9.59 Å². The zero-order valence-corrected chi connectivity index (χ0v) is 16.7. The number of carbonyl (C=O) groups is 2. The molecule has 5 nitrogen and oxygen atoms in total. The molecule has 2 aromatic carbocycles. The van der Waals surface area contributed by atoms with E-state index in [0.717, 1.165) is 28.1 Å². The minimum absolute atomic E-state index is 0.0332. The summed E-state index contributed by atoms with van der Waals surface area (Å²) < 4.78 is 5.71. The first-order valence-electron chi connectivity index (χ1n) is 9.13. The average Bonchev–Trinajstić information content (AvgIpc) is 2.59. The molecule has 0 saturated carbocycles. The molecule has 0 fully saturated rings. The van der Waals surface area contributed by atoms with Gasteiger partial charge in [0, 0.05) is 18.2 Å². The van der Waals surface area contributed by atoms with Crippen molar-refractivity contribution in [3.8, 4) is 5.75 Å². The predicted molar refractivity (Wildman–Crippen MR) is 108 cm³/mol. The lowest BCUT2D eigenvalue weighted by atomic mass is 10.1. The molecule has 0 heterocycles. The van der Waals surface area contributed by atoms with Gasteiger partial charge < -0.3 is 15.4 Å². The van der Waals surface area contributed by atoms with E-state index >= 15 is 0 Å². The van der Waals surface area contributed by atoms with E-state index in [0.29, 0.717) is 6.54 Å². The smallest absolute Gasteiger partial charge is 0.258 e. The molecule has 0 bridgehead atoms. The normalized spacial score (nSPS) is 10.6. The third kappa shape index (κ3) is 6.13. The maximum absolute atomic E-state index is 12.1. The van der Waals surface area contributed by atoms with Gasteiger partial charge in [0.25, 0.3) is 5.91 Å². The standard InChI is InChI=1S/C22H28N2O3/c1-14(2)22(26)24-19-8-6-7-18(11-19)12-23-20(25)13-27-21-16(4)9-15(3)10-17(21)5/h6-11,14H,12-13H2,1-5H3,(H,23,25)(H,24,26). The van der Waals surface area contributed by atoms with E-state index in [1.165, 1.54) is 5.56 Å². The van der Waals surface area contributed by atoms with Crippen molar-refractivity contribution in [2.75, 3.05) is 11.9 Å². The lowest BCUT2D eigenvalue weighted by molar-refractivity contribution is -0.123. The molecule has 144 valence electrons. The molecule has 2 aromatic rings. The van der Waals surface area contributed by atoms with E-state index in [-0.39, 0.29) is 24.3 Å². The van der Waals surface area contributed by atoms with Crippen molar-refractivity contribution in [3.63, 3.8) is 0 Å². The number of amides is 2. The molecule has 0 aliphatic heterocycles. The van der Waals surface area contributed by atoms with Crippen LogP contribution in [0.5, 0.6) is 5.75 Å². The summed E-state index contributed by atoms with van der Waals surface area (Å²) in [5.74, 6) is 0.452. The summed E-state index contributed by atoms with van der Waals surface area (Å²) in [6, 6.07) is 11.5. The number of hydrogen-bond acceptors (Lipinski definition) is 3. The van der Waals surface area contributed by atoms with Crippen LogP contribution in [-0.2, 0) is 16.1 Å². The highest BCUT2D eigenvalue weighted by atomic mass is 16.5. The number of aryl methyl sites for hydroxylation is 3. The summed E-state index contributed by atoms with van der Waals surface area (Å²) in [7, 11) is 0. The lowest BCUT2D eigenvalue weighted by Gasteiger charge is -2.13. The van der Waals surface area contributed by atoms with Crippen LogP contribution in [0, 0.1) is 26.7 Å².